The molecule has 0 saturated heterocycles. The van der Waals surface area contributed by atoms with Gasteiger partial charge in [0.05, 0.1) is 6.61 Å². The van der Waals surface area contributed by atoms with Crippen LogP contribution in [-0.2, 0) is 16.1 Å². The van der Waals surface area contributed by atoms with Crippen LogP contribution < -0.4 is 11.1 Å². The Hall–Kier alpha value is -1.39. The molecule has 1 aromatic rings. The van der Waals surface area contributed by atoms with Crippen molar-refractivity contribution in [3.63, 3.8) is 0 Å². The van der Waals surface area contributed by atoms with E-state index in [-0.39, 0.29) is 5.91 Å². The van der Waals surface area contributed by atoms with E-state index in [2.05, 4.69) is 12.2 Å². The van der Waals surface area contributed by atoms with Crippen molar-refractivity contribution in [3.8, 4) is 0 Å². The molecule has 21 heavy (non-hydrogen) atoms. The van der Waals surface area contributed by atoms with Crippen molar-refractivity contribution in [2.24, 2.45) is 11.7 Å². The van der Waals surface area contributed by atoms with E-state index in [1.54, 1.807) is 7.11 Å². The van der Waals surface area contributed by atoms with Gasteiger partial charge in [0.1, 0.15) is 0 Å². The highest BCUT2D eigenvalue weighted by molar-refractivity contribution is 5.91. The van der Waals surface area contributed by atoms with Crippen molar-refractivity contribution in [1.29, 1.82) is 0 Å². The molecule has 1 amide bonds. The summed E-state index contributed by atoms with van der Waals surface area (Å²) in [6, 6.07) is 7.74. The van der Waals surface area contributed by atoms with Gasteiger partial charge in [0.25, 0.3) is 0 Å². The van der Waals surface area contributed by atoms with Crippen LogP contribution in [0.3, 0.4) is 0 Å². The Morgan fingerprint density at radius 1 is 1.29 bits per heavy atom. The summed E-state index contributed by atoms with van der Waals surface area (Å²) in [7, 11) is 1.65. The summed E-state index contributed by atoms with van der Waals surface area (Å²) >= 11 is 0. The first kappa shape index (κ1) is 17.7. The standard InChI is InChI=1S/C17H28N2O2/c1-3-6-14(11-12-18)9-10-17(20)19-16-8-5-4-7-15(16)13-21-2/h4-5,7-8,14H,3,6,9-13,18H2,1-2H3,(H,19,20). The molecule has 1 aromatic carbocycles. The molecule has 0 aliphatic rings. The van der Waals surface area contributed by atoms with Gasteiger partial charge in [-0.2, -0.15) is 0 Å². The average Bonchev–Trinajstić information content (AvgIpc) is 2.47. The molecule has 118 valence electrons. The van der Waals surface area contributed by atoms with Crippen molar-refractivity contribution in [2.75, 3.05) is 19.0 Å². The highest BCUT2D eigenvalue weighted by Crippen LogP contribution is 2.19. The number of hydrogen-bond acceptors (Lipinski definition) is 3. The van der Waals surface area contributed by atoms with E-state index in [0.29, 0.717) is 25.5 Å². The Balaban J connectivity index is 2.49. The van der Waals surface area contributed by atoms with Crippen molar-refractivity contribution in [3.05, 3.63) is 29.8 Å². The van der Waals surface area contributed by atoms with Crippen LogP contribution in [0.4, 0.5) is 5.69 Å². The number of benzene rings is 1. The highest BCUT2D eigenvalue weighted by Gasteiger charge is 2.11. The monoisotopic (exact) mass is 292 g/mol. The fourth-order valence-corrected chi connectivity index (χ4v) is 2.55. The maximum absolute atomic E-state index is 12.1. The van der Waals surface area contributed by atoms with Crippen molar-refractivity contribution >= 4 is 11.6 Å². The average molecular weight is 292 g/mol. The number of carbonyl (C=O) groups excluding carboxylic acids is 1. The van der Waals surface area contributed by atoms with Crippen molar-refractivity contribution in [1.82, 2.24) is 0 Å². The van der Waals surface area contributed by atoms with Crippen LogP contribution in [0, 0.1) is 5.92 Å². The predicted octanol–water partition coefficient (Wildman–Crippen LogP) is 3.32. The van der Waals surface area contributed by atoms with Gasteiger partial charge in [-0.3, -0.25) is 4.79 Å². The molecular weight excluding hydrogens is 264 g/mol. The zero-order valence-electron chi connectivity index (χ0n) is 13.2. The van der Waals surface area contributed by atoms with Crippen LogP contribution in [0.15, 0.2) is 24.3 Å². The van der Waals surface area contributed by atoms with E-state index in [1.807, 2.05) is 24.3 Å². The number of amides is 1. The fourth-order valence-electron chi connectivity index (χ4n) is 2.55. The summed E-state index contributed by atoms with van der Waals surface area (Å²) < 4.78 is 5.15. The third-order valence-electron chi connectivity index (χ3n) is 3.64. The number of para-hydroxylation sites is 1. The summed E-state index contributed by atoms with van der Waals surface area (Å²) in [4.78, 5) is 12.1. The predicted molar refractivity (Wildman–Crippen MR) is 87.1 cm³/mol. The number of methoxy groups -OCH3 is 1. The lowest BCUT2D eigenvalue weighted by Gasteiger charge is -2.15. The van der Waals surface area contributed by atoms with Gasteiger partial charge >= 0.3 is 0 Å². The van der Waals surface area contributed by atoms with Crippen molar-refractivity contribution < 1.29 is 9.53 Å². The largest absolute Gasteiger partial charge is 0.380 e. The SMILES string of the molecule is CCCC(CCN)CCC(=O)Nc1ccccc1COC. The number of ether oxygens (including phenoxy) is 1. The second-order valence-electron chi connectivity index (χ2n) is 5.41. The van der Waals surface area contributed by atoms with Gasteiger partial charge in [-0.25, -0.2) is 0 Å². The van der Waals surface area contributed by atoms with E-state index in [9.17, 15) is 4.79 Å². The van der Waals surface area contributed by atoms with Gasteiger partial charge in [-0.05, 0) is 31.4 Å². The molecule has 0 bridgehead atoms. The molecule has 0 saturated carbocycles. The van der Waals surface area contributed by atoms with Crippen LogP contribution in [0.2, 0.25) is 0 Å². The van der Waals surface area contributed by atoms with Gasteiger partial charge < -0.3 is 15.8 Å². The van der Waals surface area contributed by atoms with E-state index in [4.69, 9.17) is 10.5 Å². The molecule has 1 unspecified atom stereocenters. The minimum absolute atomic E-state index is 0.0664. The number of rotatable bonds is 10. The second-order valence-corrected chi connectivity index (χ2v) is 5.41. The van der Waals surface area contributed by atoms with E-state index < -0.39 is 0 Å². The smallest absolute Gasteiger partial charge is 0.224 e. The lowest BCUT2D eigenvalue weighted by atomic mass is 9.94. The summed E-state index contributed by atoms with van der Waals surface area (Å²) in [5.74, 6) is 0.622. The maximum Gasteiger partial charge on any atom is 0.224 e. The van der Waals surface area contributed by atoms with Crippen LogP contribution in [-0.4, -0.2) is 19.6 Å². The molecule has 0 aromatic heterocycles. The summed E-state index contributed by atoms with van der Waals surface area (Å²) in [5, 5.41) is 2.98. The first-order valence-electron chi connectivity index (χ1n) is 7.78. The third kappa shape index (κ3) is 6.74. The molecule has 1 rings (SSSR count). The molecule has 0 heterocycles. The molecule has 4 heteroatoms. The summed E-state index contributed by atoms with van der Waals surface area (Å²) in [5.41, 5.74) is 7.47. The maximum atomic E-state index is 12.1. The molecule has 3 N–H and O–H groups in total. The first-order valence-corrected chi connectivity index (χ1v) is 7.78. The Morgan fingerprint density at radius 3 is 2.71 bits per heavy atom. The molecule has 0 radical (unpaired) electrons. The molecule has 0 fully saturated rings. The molecule has 1 atom stereocenters. The number of nitrogens with one attached hydrogen (secondary N) is 1. The minimum atomic E-state index is 0.0664. The number of anilines is 1. The Kier molecular flexibility index (Phi) is 8.71. The number of nitrogens with two attached hydrogens (primary N) is 1. The fraction of sp³-hybridized carbons (Fsp3) is 0.588. The summed E-state index contributed by atoms with van der Waals surface area (Å²) in [6.45, 7) is 3.37. The van der Waals surface area contributed by atoms with Gasteiger partial charge in [0.2, 0.25) is 5.91 Å². The number of carbonyl (C=O) groups is 1. The van der Waals surface area contributed by atoms with E-state index in [0.717, 1.165) is 36.9 Å². The number of hydrogen-bond donors (Lipinski definition) is 2. The van der Waals surface area contributed by atoms with E-state index >= 15 is 0 Å². The van der Waals surface area contributed by atoms with Gasteiger partial charge in [-0.15, -0.1) is 0 Å². The molecular formula is C17H28N2O2. The van der Waals surface area contributed by atoms with Crippen LogP contribution >= 0.6 is 0 Å². The summed E-state index contributed by atoms with van der Waals surface area (Å²) in [6.07, 6.45) is 4.74. The molecule has 0 spiro atoms. The molecule has 0 aliphatic carbocycles. The zero-order valence-corrected chi connectivity index (χ0v) is 13.2. The topological polar surface area (TPSA) is 64.4 Å². The van der Waals surface area contributed by atoms with E-state index in [1.165, 1.54) is 0 Å². The quantitative estimate of drug-likeness (QED) is 0.695. The Morgan fingerprint density at radius 2 is 2.05 bits per heavy atom. The zero-order chi connectivity index (χ0) is 15.5. The lowest BCUT2D eigenvalue weighted by molar-refractivity contribution is -0.116. The lowest BCUT2D eigenvalue weighted by Crippen LogP contribution is -2.16. The molecule has 4 nitrogen and oxygen atoms in total. The highest BCUT2D eigenvalue weighted by atomic mass is 16.5. The Labute approximate surface area is 128 Å². The van der Waals surface area contributed by atoms with Gasteiger partial charge in [0, 0.05) is 24.8 Å². The third-order valence-corrected chi connectivity index (χ3v) is 3.64. The normalized spacial score (nSPS) is 12.1. The Bertz CT molecular complexity index is 415. The molecule has 0 aliphatic heterocycles. The van der Waals surface area contributed by atoms with Crippen LogP contribution in [0.5, 0.6) is 0 Å². The van der Waals surface area contributed by atoms with Crippen molar-refractivity contribution in [2.45, 2.75) is 45.6 Å². The minimum Gasteiger partial charge on any atom is -0.380 e. The second kappa shape index (κ2) is 10.4. The van der Waals surface area contributed by atoms with Crippen LogP contribution in [0.1, 0.15) is 44.6 Å². The van der Waals surface area contributed by atoms with Crippen LogP contribution in [0.25, 0.3) is 0 Å². The first-order chi connectivity index (χ1) is 10.2. The van der Waals surface area contributed by atoms with Gasteiger partial charge in [-0.1, -0.05) is 38.0 Å². The van der Waals surface area contributed by atoms with Gasteiger partial charge in [0.15, 0.2) is 0 Å².